The van der Waals surface area contributed by atoms with Crippen molar-refractivity contribution in [3.05, 3.63) is 179 Å². The van der Waals surface area contributed by atoms with Crippen LogP contribution in [-0.2, 0) is 21.7 Å². The molecule has 1 spiro atoms. The molecule has 9 aromatic carbocycles. The Hall–Kier alpha value is -7.34. The first-order valence-electron chi connectivity index (χ1n) is 30.2. The zero-order valence-electron chi connectivity index (χ0n) is 50.4. The third-order valence-corrected chi connectivity index (χ3v) is 25.0. The fourth-order valence-corrected chi connectivity index (χ4v) is 21.4. The van der Waals surface area contributed by atoms with E-state index in [1.54, 1.807) is 15.6 Å². The van der Waals surface area contributed by atoms with Gasteiger partial charge in [0.2, 0.25) is 0 Å². The van der Waals surface area contributed by atoms with Crippen LogP contribution in [0.1, 0.15) is 156 Å². The van der Waals surface area contributed by atoms with Gasteiger partial charge in [0.1, 0.15) is 0 Å². The standard InChI is InChI=1S/C76H74BN3Si/c1-41(2)43-22-28-58-52(32-43)55-40-61-66(56-33-44(42(3)4)23-29-59(56)78(61)49-20-18-17-19-21-49)68-71(55)79(58)60-30-31-62-72-67(60)77(68)57-36-47(75(11,12)13)34-53-54-35-48(76(14,15)16)39-65(70(54)80(72)69(53)57)81(62)63-37-45(73(5,6)7)24-26-50(63)51-27-25-46(38-64(51)81)74(8,9)10/h17-42H,1-16H3. The van der Waals surface area contributed by atoms with Crippen molar-refractivity contribution in [2.24, 2.45) is 0 Å². The Labute approximate surface area is 479 Å². The van der Waals surface area contributed by atoms with Crippen molar-refractivity contribution >= 4 is 117 Å². The minimum Gasteiger partial charge on any atom is -0.310 e. The van der Waals surface area contributed by atoms with E-state index in [9.17, 15) is 0 Å². The molecule has 0 saturated heterocycles. The molecule has 0 saturated carbocycles. The van der Waals surface area contributed by atoms with E-state index < -0.39 is 8.07 Å². The molecule has 4 aliphatic rings. The summed E-state index contributed by atoms with van der Waals surface area (Å²) in [5, 5.41) is 14.4. The van der Waals surface area contributed by atoms with Crippen LogP contribution in [-0.4, -0.2) is 28.5 Å². The van der Waals surface area contributed by atoms with Gasteiger partial charge < -0.3 is 13.7 Å². The van der Waals surface area contributed by atoms with Crippen LogP contribution in [0.25, 0.3) is 93.6 Å². The van der Waals surface area contributed by atoms with Crippen LogP contribution in [0.4, 0.5) is 0 Å². The average molecular weight is 1070 g/mol. The molecule has 0 radical (unpaired) electrons. The minimum atomic E-state index is -3.22. The van der Waals surface area contributed by atoms with Crippen LogP contribution in [0.5, 0.6) is 0 Å². The van der Waals surface area contributed by atoms with Crippen LogP contribution < -0.4 is 37.1 Å². The predicted molar refractivity (Wildman–Crippen MR) is 353 cm³/mol. The molecule has 0 aliphatic carbocycles. The summed E-state index contributed by atoms with van der Waals surface area (Å²) in [6.45, 7) is 38.4. The van der Waals surface area contributed by atoms with E-state index in [1.807, 2.05) is 0 Å². The molecule has 0 fully saturated rings. The maximum atomic E-state index is 2.87. The lowest BCUT2D eigenvalue weighted by atomic mass is 9.33. The van der Waals surface area contributed by atoms with Crippen LogP contribution in [0.3, 0.4) is 0 Å². The van der Waals surface area contributed by atoms with Crippen LogP contribution in [0.15, 0.2) is 146 Å². The highest BCUT2D eigenvalue weighted by atomic mass is 28.3. The van der Waals surface area contributed by atoms with E-state index in [0.717, 1.165) is 0 Å². The molecule has 3 aromatic heterocycles. The van der Waals surface area contributed by atoms with Crippen molar-refractivity contribution < 1.29 is 0 Å². The molecule has 0 unspecified atom stereocenters. The van der Waals surface area contributed by atoms with Gasteiger partial charge in [0.05, 0.1) is 27.6 Å². The summed E-state index contributed by atoms with van der Waals surface area (Å²) in [6, 6.07) is 60.0. The van der Waals surface area contributed by atoms with Gasteiger partial charge in [0, 0.05) is 54.9 Å². The first-order chi connectivity index (χ1) is 38.4. The summed E-state index contributed by atoms with van der Waals surface area (Å²) in [5.74, 6) is 0.756. The first-order valence-corrected chi connectivity index (χ1v) is 32.2. The van der Waals surface area contributed by atoms with Gasteiger partial charge in [-0.05, 0) is 176 Å². The first kappa shape index (κ1) is 49.5. The van der Waals surface area contributed by atoms with Crippen molar-refractivity contribution in [3.63, 3.8) is 0 Å². The number of hydrogen-bond acceptors (Lipinski definition) is 0. The van der Waals surface area contributed by atoms with E-state index in [4.69, 9.17) is 0 Å². The van der Waals surface area contributed by atoms with E-state index in [0.29, 0.717) is 11.8 Å². The Balaban J connectivity index is 1.20. The van der Waals surface area contributed by atoms with Gasteiger partial charge in [0.15, 0.2) is 8.07 Å². The summed E-state index contributed by atoms with van der Waals surface area (Å²) in [5.41, 5.74) is 27.2. The van der Waals surface area contributed by atoms with Gasteiger partial charge in [0.25, 0.3) is 6.71 Å². The van der Waals surface area contributed by atoms with Gasteiger partial charge in [-0.2, -0.15) is 0 Å². The Kier molecular flexibility index (Phi) is 9.53. The van der Waals surface area contributed by atoms with Gasteiger partial charge >= 0.3 is 0 Å². The molecule has 0 bridgehead atoms. The zero-order chi connectivity index (χ0) is 56.3. The van der Waals surface area contributed by atoms with Gasteiger partial charge in [-0.25, -0.2) is 0 Å². The van der Waals surface area contributed by atoms with Gasteiger partial charge in [-0.3, -0.25) is 0 Å². The Morgan fingerprint density at radius 1 is 0.383 bits per heavy atom. The number of nitrogens with zero attached hydrogens (tertiary/aromatic N) is 3. The topological polar surface area (TPSA) is 14.8 Å². The normalized spacial score (nSPS) is 15.0. The second-order valence-corrected chi connectivity index (χ2v) is 33.4. The Morgan fingerprint density at radius 2 is 0.914 bits per heavy atom. The molecule has 0 amide bonds. The van der Waals surface area contributed by atoms with Crippen molar-refractivity contribution in [1.29, 1.82) is 0 Å². The second-order valence-electron chi connectivity index (χ2n) is 29.8. The summed E-state index contributed by atoms with van der Waals surface area (Å²) in [6.07, 6.45) is 0. The number of fused-ring (bicyclic) bond motifs is 18. The number of rotatable bonds is 3. The fraction of sp³-hybridized carbons (Fsp3) is 0.289. The van der Waals surface area contributed by atoms with Crippen molar-refractivity contribution in [3.8, 4) is 28.2 Å². The fourth-order valence-electron chi connectivity index (χ4n) is 15.8. The van der Waals surface area contributed by atoms with E-state index in [1.165, 1.54) is 149 Å². The highest BCUT2D eigenvalue weighted by Gasteiger charge is 2.57. The minimum absolute atomic E-state index is 0.0463. The second kappa shape index (κ2) is 15.6. The molecule has 12 aromatic rings. The van der Waals surface area contributed by atoms with Crippen molar-refractivity contribution in [2.75, 3.05) is 0 Å². The quantitative estimate of drug-likeness (QED) is 0.157. The molecule has 4 aliphatic heterocycles. The lowest BCUT2D eigenvalue weighted by molar-refractivity contribution is 0.590. The lowest BCUT2D eigenvalue weighted by Crippen LogP contribution is -2.77. The smallest absolute Gasteiger partial charge is 0.253 e. The number of hydrogen-bond donors (Lipinski definition) is 0. The molecule has 0 N–H and O–H groups in total. The zero-order valence-corrected chi connectivity index (χ0v) is 51.4. The van der Waals surface area contributed by atoms with Crippen molar-refractivity contribution in [1.82, 2.24) is 13.7 Å². The Morgan fingerprint density at radius 3 is 1.49 bits per heavy atom. The van der Waals surface area contributed by atoms with Crippen LogP contribution in [0.2, 0.25) is 0 Å². The van der Waals surface area contributed by atoms with Crippen molar-refractivity contribution in [2.45, 2.75) is 144 Å². The predicted octanol–water partition coefficient (Wildman–Crippen LogP) is 15.2. The lowest BCUT2D eigenvalue weighted by Gasteiger charge is -2.43. The molecule has 81 heavy (non-hydrogen) atoms. The molecule has 0 atom stereocenters. The number of para-hydroxylation sites is 1. The monoisotopic (exact) mass is 1070 g/mol. The maximum absolute atomic E-state index is 3.22. The van der Waals surface area contributed by atoms with E-state index >= 15 is 0 Å². The van der Waals surface area contributed by atoms with E-state index in [-0.39, 0.29) is 28.4 Å². The summed E-state index contributed by atoms with van der Waals surface area (Å²) < 4.78 is 8.22. The van der Waals surface area contributed by atoms with Crippen LogP contribution >= 0.6 is 0 Å². The molecular weight excluding hydrogens is 994 g/mol. The SMILES string of the molecule is CC(C)c1ccc2c(c1)c1c3c4c(cc1n2-c1ccccc1)c1cc(C(C)C)ccc1n4-c1ccc2c4c1B3c1cc(C(C)(C)C)cc3c5cc(C(C)(C)C)cc(c5n-4c13)[Si]21c2cc(C(C)(C)C)ccc2-c2ccc(C(C)(C)C)cc21. The Bertz CT molecular complexity index is 4790. The number of benzene rings is 9. The van der Waals surface area contributed by atoms with E-state index in [2.05, 4.69) is 270 Å². The molecule has 16 rings (SSSR count). The maximum Gasteiger partial charge on any atom is 0.253 e. The van der Waals surface area contributed by atoms with Crippen LogP contribution in [0, 0.1) is 0 Å². The largest absolute Gasteiger partial charge is 0.310 e. The molecule has 7 heterocycles. The molecule has 5 heteroatoms. The summed E-state index contributed by atoms with van der Waals surface area (Å²) >= 11 is 0. The number of aromatic nitrogens is 3. The highest BCUT2D eigenvalue weighted by Crippen LogP contribution is 2.48. The average Bonchev–Trinajstić information content (AvgIpc) is 1.91. The third kappa shape index (κ3) is 6.21. The van der Waals surface area contributed by atoms with Gasteiger partial charge in [-0.15, -0.1) is 0 Å². The summed E-state index contributed by atoms with van der Waals surface area (Å²) in [7, 11) is -3.22. The van der Waals surface area contributed by atoms with Gasteiger partial charge in [-0.1, -0.05) is 196 Å². The molecular formula is C76H74BN3Si. The third-order valence-electron chi connectivity index (χ3n) is 20.2. The highest BCUT2D eigenvalue weighted by molar-refractivity contribution is 7.24. The molecule has 3 nitrogen and oxygen atoms in total. The molecule has 400 valence electrons. The summed E-state index contributed by atoms with van der Waals surface area (Å²) in [4.78, 5) is 0.